The van der Waals surface area contributed by atoms with Gasteiger partial charge in [-0.25, -0.2) is 9.97 Å². The normalized spacial score (nSPS) is 12.4. The van der Waals surface area contributed by atoms with Crippen molar-refractivity contribution in [2.75, 3.05) is 0 Å². The highest BCUT2D eigenvalue weighted by Crippen LogP contribution is 2.41. The number of hydrogen-bond acceptors (Lipinski definition) is 2. The molecule has 0 spiro atoms. The molecule has 2 nitrogen and oxygen atoms in total. The van der Waals surface area contributed by atoms with Crippen LogP contribution in [0.1, 0.15) is 11.4 Å². The predicted molar refractivity (Wildman–Crippen MR) is 133 cm³/mol. The molecule has 182 valence electrons. The lowest BCUT2D eigenvalue weighted by molar-refractivity contribution is -0.141. The maximum Gasteiger partial charge on any atom is 0.433 e. The average molecular weight is 626 g/mol. The molecule has 0 saturated carbocycles. The molecule has 0 aliphatic heterocycles. The Balaban J connectivity index is 1.79. The van der Waals surface area contributed by atoms with E-state index in [9.17, 15) is 26.3 Å². The van der Waals surface area contributed by atoms with Crippen LogP contribution in [0.2, 0.25) is 0 Å². The Bertz CT molecular complexity index is 1490. The van der Waals surface area contributed by atoms with E-state index in [1.165, 1.54) is 48.5 Å². The van der Waals surface area contributed by atoms with Crippen LogP contribution in [0.5, 0.6) is 0 Å². The Hall–Kier alpha value is -2.98. The summed E-state index contributed by atoms with van der Waals surface area (Å²) in [4.78, 5) is 7.78. The first-order chi connectivity index (χ1) is 16.9. The van der Waals surface area contributed by atoms with Gasteiger partial charge in [0.1, 0.15) is 0 Å². The van der Waals surface area contributed by atoms with Crippen LogP contribution in [0, 0.1) is 0 Å². The minimum atomic E-state index is -4.74. The zero-order valence-electron chi connectivity index (χ0n) is 17.8. The first kappa shape index (κ1) is 24.7. The molecule has 0 atom stereocenters. The van der Waals surface area contributed by atoms with Crippen LogP contribution >= 0.6 is 31.9 Å². The molecule has 0 saturated heterocycles. The fourth-order valence-corrected chi connectivity index (χ4v) is 4.50. The SMILES string of the molecule is FC(F)(F)c1nc2cc3cc(-c4ccc(Br)cc4)c(C(F)(F)F)nc3cc2cc1-c1ccc(Br)cc1. The van der Waals surface area contributed by atoms with Gasteiger partial charge < -0.3 is 0 Å². The van der Waals surface area contributed by atoms with E-state index in [1.807, 2.05) is 0 Å². The lowest BCUT2D eigenvalue weighted by Crippen LogP contribution is -2.11. The summed E-state index contributed by atoms with van der Waals surface area (Å²) in [6.45, 7) is 0. The molecule has 5 rings (SSSR count). The number of rotatable bonds is 2. The van der Waals surface area contributed by atoms with Crippen molar-refractivity contribution in [3.05, 3.63) is 93.1 Å². The van der Waals surface area contributed by atoms with Crippen LogP contribution in [0.25, 0.3) is 44.1 Å². The van der Waals surface area contributed by atoms with Gasteiger partial charge in [-0.15, -0.1) is 0 Å². The Morgan fingerprint density at radius 2 is 0.833 bits per heavy atom. The topological polar surface area (TPSA) is 25.8 Å². The second kappa shape index (κ2) is 8.85. The minimum absolute atomic E-state index is 0.000925. The third kappa shape index (κ3) is 4.71. The van der Waals surface area contributed by atoms with Gasteiger partial charge in [0.2, 0.25) is 0 Å². The first-order valence-corrected chi connectivity index (χ1v) is 11.9. The van der Waals surface area contributed by atoms with Gasteiger partial charge in [0, 0.05) is 30.8 Å². The molecule has 36 heavy (non-hydrogen) atoms. The van der Waals surface area contributed by atoms with Crippen LogP contribution < -0.4 is 0 Å². The molecule has 2 aromatic heterocycles. The summed E-state index contributed by atoms with van der Waals surface area (Å²) in [6, 6.07) is 17.7. The van der Waals surface area contributed by atoms with E-state index in [0.717, 1.165) is 0 Å². The number of nitrogens with zero attached hydrogens (tertiary/aromatic N) is 2. The van der Waals surface area contributed by atoms with Gasteiger partial charge in [0.15, 0.2) is 11.4 Å². The number of aromatic nitrogens is 2. The van der Waals surface area contributed by atoms with Crippen molar-refractivity contribution in [1.29, 1.82) is 0 Å². The summed E-state index contributed by atoms with van der Waals surface area (Å²) in [6.07, 6.45) is -9.49. The summed E-state index contributed by atoms with van der Waals surface area (Å²) in [5, 5.41) is 0.482. The number of fused-ring (bicyclic) bond motifs is 2. The van der Waals surface area contributed by atoms with Gasteiger partial charge in [-0.05, 0) is 59.7 Å². The molecule has 5 aromatic rings. The second-order valence-electron chi connectivity index (χ2n) is 8.02. The maximum atomic E-state index is 13.9. The molecule has 0 unspecified atom stereocenters. The van der Waals surface area contributed by atoms with Crippen molar-refractivity contribution in [1.82, 2.24) is 9.97 Å². The second-order valence-corrected chi connectivity index (χ2v) is 9.85. The van der Waals surface area contributed by atoms with Gasteiger partial charge in [-0.2, -0.15) is 26.3 Å². The molecule has 0 aliphatic carbocycles. The van der Waals surface area contributed by atoms with Crippen molar-refractivity contribution in [3.8, 4) is 22.3 Å². The zero-order chi connectivity index (χ0) is 25.8. The van der Waals surface area contributed by atoms with Gasteiger partial charge in [-0.3, -0.25) is 0 Å². The summed E-state index contributed by atoms with van der Waals surface area (Å²) in [5.74, 6) is 0. The summed E-state index contributed by atoms with van der Waals surface area (Å²) in [5.41, 5.74) is -1.97. The molecule has 10 heteroatoms. The monoisotopic (exact) mass is 624 g/mol. The van der Waals surface area contributed by atoms with Gasteiger partial charge in [0.25, 0.3) is 0 Å². The van der Waals surface area contributed by atoms with E-state index in [1.54, 1.807) is 24.3 Å². The van der Waals surface area contributed by atoms with Crippen LogP contribution in [0.3, 0.4) is 0 Å². The standard InChI is InChI=1S/C26H12Br2F6N2/c27-17-5-1-13(2-6-17)19-9-15-11-22-16(12-21(15)35-23(19)25(29,30)31)10-20(24(36-22)26(32,33)34)14-3-7-18(28)8-4-14/h1-12H. The number of benzene rings is 3. The summed E-state index contributed by atoms with van der Waals surface area (Å²) in [7, 11) is 0. The zero-order valence-corrected chi connectivity index (χ0v) is 21.0. The Morgan fingerprint density at radius 1 is 0.500 bits per heavy atom. The molecule has 0 bridgehead atoms. The van der Waals surface area contributed by atoms with Crippen LogP contribution in [0.4, 0.5) is 26.3 Å². The third-order valence-electron chi connectivity index (χ3n) is 5.60. The third-order valence-corrected chi connectivity index (χ3v) is 6.66. The molecule has 0 N–H and O–H groups in total. The Labute approximate surface area is 217 Å². The van der Waals surface area contributed by atoms with Crippen molar-refractivity contribution in [2.24, 2.45) is 0 Å². The lowest BCUT2D eigenvalue weighted by Gasteiger charge is -2.16. The maximum absolute atomic E-state index is 13.9. The molecule has 0 fully saturated rings. The van der Waals surface area contributed by atoms with E-state index in [0.29, 0.717) is 8.95 Å². The molecule has 3 aromatic carbocycles. The van der Waals surface area contributed by atoms with E-state index in [4.69, 9.17) is 0 Å². The number of hydrogen-bond donors (Lipinski definition) is 0. The fraction of sp³-hybridized carbons (Fsp3) is 0.0769. The van der Waals surface area contributed by atoms with Crippen molar-refractivity contribution >= 4 is 53.7 Å². The average Bonchev–Trinajstić information content (AvgIpc) is 2.81. The number of halogens is 8. The molecular weight excluding hydrogens is 614 g/mol. The molecule has 2 heterocycles. The largest absolute Gasteiger partial charge is 0.433 e. The molecular formula is C26H12Br2F6N2. The van der Waals surface area contributed by atoms with Crippen molar-refractivity contribution in [3.63, 3.8) is 0 Å². The Kier molecular flexibility index (Phi) is 6.07. The summed E-state index contributed by atoms with van der Waals surface area (Å²) >= 11 is 6.50. The molecule has 0 amide bonds. The van der Waals surface area contributed by atoms with Crippen LogP contribution in [-0.4, -0.2) is 9.97 Å². The van der Waals surface area contributed by atoms with Gasteiger partial charge in [0.05, 0.1) is 11.0 Å². The number of pyridine rings is 2. The minimum Gasteiger partial charge on any atom is -0.243 e. The molecule has 0 radical (unpaired) electrons. The predicted octanol–water partition coefficient (Wildman–Crippen LogP) is 9.68. The van der Waals surface area contributed by atoms with Gasteiger partial charge in [-0.1, -0.05) is 56.1 Å². The highest BCUT2D eigenvalue weighted by molar-refractivity contribution is 9.10. The van der Waals surface area contributed by atoms with E-state index in [2.05, 4.69) is 41.8 Å². The van der Waals surface area contributed by atoms with E-state index < -0.39 is 23.7 Å². The Morgan fingerprint density at radius 3 is 1.14 bits per heavy atom. The van der Waals surface area contributed by atoms with Crippen molar-refractivity contribution in [2.45, 2.75) is 12.4 Å². The lowest BCUT2D eigenvalue weighted by atomic mass is 9.98. The summed E-state index contributed by atoms with van der Waals surface area (Å²) < 4.78 is 85.0. The first-order valence-electron chi connectivity index (χ1n) is 10.4. The van der Waals surface area contributed by atoms with Crippen LogP contribution in [0.15, 0.2) is 81.7 Å². The van der Waals surface area contributed by atoms with Crippen molar-refractivity contribution < 1.29 is 26.3 Å². The number of alkyl halides is 6. The van der Waals surface area contributed by atoms with E-state index >= 15 is 0 Å². The van der Waals surface area contributed by atoms with Crippen LogP contribution in [-0.2, 0) is 12.4 Å². The highest BCUT2D eigenvalue weighted by Gasteiger charge is 2.37. The highest BCUT2D eigenvalue weighted by atomic mass is 79.9. The van der Waals surface area contributed by atoms with Gasteiger partial charge >= 0.3 is 12.4 Å². The smallest absolute Gasteiger partial charge is 0.243 e. The van der Waals surface area contributed by atoms with E-state index in [-0.39, 0.29) is 44.1 Å². The quantitative estimate of drug-likeness (QED) is 0.144. The fourth-order valence-electron chi connectivity index (χ4n) is 3.97. The molecule has 0 aliphatic rings.